The molecule has 3 N–H and O–H groups in total. The molecule has 3 amide bonds. The van der Waals surface area contributed by atoms with E-state index in [1.165, 1.54) is 5.56 Å². The fourth-order valence-electron chi connectivity index (χ4n) is 5.74. The van der Waals surface area contributed by atoms with Gasteiger partial charge in [0.15, 0.2) is 0 Å². The fraction of sp³-hybridized carbons (Fsp3) is 0.586. The van der Waals surface area contributed by atoms with Crippen molar-refractivity contribution in [3.05, 3.63) is 54.1 Å². The third-order valence-electron chi connectivity index (χ3n) is 7.62. The van der Waals surface area contributed by atoms with Crippen molar-refractivity contribution in [3.8, 4) is 0 Å². The second kappa shape index (κ2) is 13.5. The quantitative estimate of drug-likeness (QED) is 0.409. The Kier molecular flexibility index (Phi) is 9.84. The number of ether oxygens (including phenoxy) is 1. The van der Waals surface area contributed by atoms with Crippen LogP contribution in [0.15, 0.2) is 48.6 Å². The molecule has 7 heteroatoms. The zero-order chi connectivity index (χ0) is 25.2. The first-order valence-electron chi connectivity index (χ1n) is 13.8. The first-order chi connectivity index (χ1) is 17.7. The van der Waals surface area contributed by atoms with Crippen molar-refractivity contribution < 1.29 is 14.3 Å². The molecule has 3 aliphatic rings. The lowest BCUT2D eigenvalue weighted by Crippen LogP contribution is -2.52. The molecule has 4 rings (SSSR count). The van der Waals surface area contributed by atoms with E-state index in [9.17, 15) is 9.59 Å². The van der Waals surface area contributed by atoms with Crippen LogP contribution < -0.4 is 16.0 Å². The van der Waals surface area contributed by atoms with Crippen LogP contribution in [-0.2, 0) is 9.53 Å². The predicted octanol–water partition coefficient (Wildman–Crippen LogP) is 4.79. The highest BCUT2D eigenvalue weighted by Crippen LogP contribution is 2.39. The van der Waals surface area contributed by atoms with E-state index in [0.29, 0.717) is 25.7 Å². The van der Waals surface area contributed by atoms with Gasteiger partial charge in [0, 0.05) is 38.0 Å². The Morgan fingerprint density at radius 1 is 1.08 bits per heavy atom. The summed E-state index contributed by atoms with van der Waals surface area (Å²) in [4.78, 5) is 28.5. The van der Waals surface area contributed by atoms with Crippen LogP contribution in [0.2, 0.25) is 0 Å². The van der Waals surface area contributed by atoms with E-state index < -0.39 is 0 Å². The third-order valence-corrected chi connectivity index (χ3v) is 7.62. The average molecular weight is 495 g/mol. The van der Waals surface area contributed by atoms with Crippen LogP contribution in [0, 0.1) is 11.8 Å². The van der Waals surface area contributed by atoms with Crippen molar-refractivity contribution in [2.45, 2.75) is 64.0 Å². The molecule has 4 atom stereocenters. The normalized spacial score (nSPS) is 25.5. The van der Waals surface area contributed by atoms with Gasteiger partial charge in [-0.3, -0.25) is 4.79 Å². The summed E-state index contributed by atoms with van der Waals surface area (Å²) in [6, 6.07) is 8.17. The van der Waals surface area contributed by atoms with E-state index in [4.69, 9.17) is 4.74 Å². The number of para-hydroxylation sites is 1. The zero-order valence-corrected chi connectivity index (χ0v) is 21.6. The maximum Gasteiger partial charge on any atom is 0.315 e. The topological polar surface area (TPSA) is 82.7 Å². The molecule has 196 valence electrons. The number of nitrogens with zero attached hydrogens (tertiary/aromatic N) is 1. The van der Waals surface area contributed by atoms with Gasteiger partial charge in [0.05, 0.1) is 18.6 Å². The standard InChI is InChI=1S/C29H42N4O3/c1-2-36-20-18-30-29(35)32-26-16-9-7-14-24(26)28(34)33-19-10-17-27(33)23-13-6-8-15-25(23)31-21-22-11-4-3-5-12-22/h3-6,8,11,13,15,22,24,26-27,31H,2,7,9-10,12,14,16-21H2,1H3,(H2,30,32,35)/t22?,24-,26+,27+/m0/s1. The van der Waals surface area contributed by atoms with Crippen molar-refractivity contribution in [2.75, 3.05) is 38.2 Å². The number of carbonyl (C=O) groups is 2. The number of benzene rings is 1. The Morgan fingerprint density at radius 2 is 1.94 bits per heavy atom. The molecule has 1 aromatic rings. The van der Waals surface area contributed by atoms with Crippen molar-refractivity contribution in [1.29, 1.82) is 0 Å². The molecule has 36 heavy (non-hydrogen) atoms. The van der Waals surface area contributed by atoms with Gasteiger partial charge in [-0.25, -0.2) is 4.79 Å². The molecule has 0 bridgehead atoms. The molecular weight excluding hydrogens is 452 g/mol. The Morgan fingerprint density at radius 3 is 2.78 bits per heavy atom. The van der Waals surface area contributed by atoms with Crippen molar-refractivity contribution in [3.63, 3.8) is 0 Å². The van der Waals surface area contributed by atoms with E-state index in [1.54, 1.807) is 0 Å². The molecule has 1 aromatic carbocycles. The van der Waals surface area contributed by atoms with E-state index in [2.05, 4.69) is 69.4 Å². The molecule has 2 aliphatic carbocycles. The number of hydrogen-bond acceptors (Lipinski definition) is 4. The first-order valence-corrected chi connectivity index (χ1v) is 13.8. The Labute approximate surface area is 215 Å². The van der Waals surface area contributed by atoms with Gasteiger partial charge in [-0.1, -0.05) is 55.3 Å². The molecule has 1 saturated heterocycles. The summed E-state index contributed by atoms with van der Waals surface area (Å²) in [5, 5.41) is 9.62. The number of amides is 3. The van der Waals surface area contributed by atoms with Crippen molar-refractivity contribution in [1.82, 2.24) is 15.5 Å². The Hall–Kier alpha value is -2.80. The number of rotatable bonds is 10. The second-order valence-electron chi connectivity index (χ2n) is 10.1. The number of allylic oxidation sites excluding steroid dienone is 3. The van der Waals surface area contributed by atoms with Gasteiger partial charge in [-0.05, 0) is 56.6 Å². The lowest BCUT2D eigenvalue weighted by atomic mass is 9.83. The maximum absolute atomic E-state index is 13.9. The molecule has 1 aliphatic heterocycles. The van der Waals surface area contributed by atoms with Gasteiger partial charge in [-0.15, -0.1) is 0 Å². The molecule has 2 fully saturated rings. The molecule has 0 radical (unpaired) electrons. The molecule has 1 heterocycles. The van der Waals surface area contributed by atoms with Crippen LogP contribution in [0.3, 0.4) is 0 Å². The molecular formula is C29H42N4O3. The lowest BCUT2D eigenvalue weighted by Gasteiger charge is -2.36. The van der Waals surface area contributed by atoms with Crippen LogP contribution in [0.1, 0.15) is 63.5 Å². The maximum atomic E-state index is 13.9. The minimum absolute atomic E-state index is 0.0746. The van der Waals surface area contributed by atoms with Gasteiger partial charge >= 0.3 is 6.03 Å². The summed E-state index contributed by atoms with van der Waals surface area (Å²) < 4.78 is 5.30. The monoisotopic (exact) mass is 494 g/mol. The zero-order valence-electron chi connectivity index (χ0n) is 21.6. The lowest BCUT2D eigenvalue weighted by molar-refractivity contribution is -0.138. The van der Waals surface area contributed by atoms with Gasteiger partial charge in [0.2, 0.25) is 5.91 Å². The van der Waals surface area contributed by atoms with Crippen LogP contribution in [0.4, 0.5) is 10.5 Å². The van der Waals surface area contributed by atoms with Crippen LogP contribution in [0.5, 0.6) is 0 Å². The number of anilines is 1. The van der Waals surface area contributed by atoms with Crippen molar-refractivity contribution in [2.24, 2.45) is 11.8 Å². The summed E-state index contributed by atoms with van der Waals surface area (Å²) in [5.74, 6) is 0.501. The minimum atomic E-state index is -0.210. The number of urea groups is 1. The minimum Gasteiger partial charge on any atom is -0.384 e. The summed E-state index contributed by atoms with van der Waals surface area (Å²) in [5.41, 5.74) is 2.32. The summed E-state index contributed by atoms with van der Waals surface area (Å²) in [6.45, 7) is 5.18. The summed E-state index contributed by atoms with van der Waals surface area (Å²) in [6.07, 6.45) is 15.4. The van der Waals surface area contributed by atoms with E-state index >= 15 is 0 Å². The Bertz CT molecular complexity index is 931. The van der Waals surface area contributed by atoms with E-state index in [1.807, 2.05) is 6.92 Å². The van der Waals surface area contributed by atoms with Gasteiger partial charge in [-0.2, -0.15) is 0 Å². The highest BCUT2D eigenvalue weighted by atomic mass is 16.5. The fourth-order valence-corrected chi connectivity index (χ4v) is 5.74. The molecule has 0 aromatic heterocycles. The van der Waals surface area contributed by atoms with Gasteiger partial charge in [0.25, 0.3) is 0 Å². The molecule has 1 unspecified atom stereocenters. The summed E-state index contributed by atoms with van der Waals surface area (Å²) >= 11 is 0. The predicted molar refractivity (Wildman–Crippen MR) is 144 cm³/mol. The average Bonchev–Trinajstić information content (AvgIpc) is 3.40. The first kappa shape index (κ1) is 26.3. The Balaban J connectivity index is 1.40. The number of hydrogen-bond donors (Lipinski definition) is 3. The highest BCUT2D eigenvalue weighted by molar-refractivity contribution is 5.82. The number of nitrogens with one attached hydrogen (secondary N) is 3. The molecule has 7 nitrogen and oxygen atoms in total. The smallest absolute Gasteiger partial charge is 0.315 e. The van der Waals surface area contributed by atoms with Crippen LogP contribution in [0.25, 0.3) is 0 Å². The van der Waals surface area contributed by atoms with Crippen molar-refractivity contribution >= 4 is 17.6 Å². The number of likely N-dealkylation sites (tertiary alicyclic amines) is 1. The van der Waals surface area contributed by atoms with Gasteiger partial charge in [0.1, 0.15) is 0 Å². The molecule has 0 spiro atoms. The van der Waals surface area contributed by atoms with E-state index in [0.717, 1.165) is 63.7 Å². The van der Waals surface area contributed by atoms with E-state index in [-0.39, 0.29) is 29.9 Å². The highest BCUT2D eigenvalue weighted by Gasteiger charge is 2.39. The third kappa shape index (κ3) is 6.90. The van der Waals surface area contributed by atoms with Gasteiger partial charge < -0.3 is 25.6 Å². The number of carbonyl (C=O) groups excluding carboxylic acids is 2. The summed E-state index contributed by atoms with van der Waals surface area (Å²) in [7, 11) is 0. The SMILES string of the molecule is CCOCCNC(=O)N[C@@H]1CCCC[C@@H]1C(=O)N1CCC[C@@H]1c1ccccc1NCC1C=CC=CC1. The second-order valence-corrected chi connectivity index (χ2v) is 10.1. The largest absolute Gasteiger partial charge is 0.384 e. The molecule has 1 saturated carbocycles. The van der Waals surface area contributed by atoms with Crippen LogP contribution in [-0.4, -0.2) is 55.7 Å². The van der Waals surface area contributed by atoms with Crippen LogP contribution >= 0.6 is 0 Å².